The number of halogens is 2. The highest BCUT2D eigenvalue weighted by Gasteiger charge is 2.33. The van der Waals surface area contributed by atoms with Crippen LogP contribution >= 0.6 is 0 Å². The molecule has 0 amide bonds. The van der Waals surface area contributed by atoms with Crippen molar-refractivity contribution in [1.29, 1.82) is 0 Å². The van der Waals surface area contributed by atoms with Gasteiger partial charge in [-0.15, -0.1) is 0 Å². The van der Waals surface area contributed by atoms with Gasteiger partial charge in [-0.1, -0.05) is 12.1 Å². The van der Waals surface area contributed by atoms with Crippen LogP contribution in [-0.4, -0.2) is 88.4 Å². The van der Waals surface area contributed by atoms with Crippen LogP contribution in [0.5, 0.6) is 5.75 Å². The monoisotopic (exact) mass is 669 g/mol. The van der Waals surface area contributed by atoms with E-state index >= 15 is 4.39 Å². The Morgan fingerprint density at radius 3 is 2.38 bits per heavy atom. The van der Waals surface area contributed by atoms with Crippen molar-refractivity contribution in [3.05, 3.63) is 71.8 Å². The molecule has 2 aromatic heterocycles. The minimum atomic E-state index is -4.18. The molecule has 250 valence electrons. The molecule has 1 atom stereocenters. The third-order valence-corrected chi connectivity index (χ3v) is 10.4. The Kier molecular flexibility index (Phi) is 9.46. The zero-order chi connectivity index (χ0) is 33.3. The first-order valence-corrected chi connectivity index (χ1v) is 16.8. The summed E-state index contributed by atoms with van der Waals surface area (Å²) in [7, 11) is 0.368. The number of pyridine rings is 1. The molecule has 6 rings (SSSR count). The molecule has 2 fully saturated rings. The summed E-state index contributed by atoms with van der Waals surface area (Å²) >= 11 is 0. The van der Waals surface area contributed by atoms with Gasteiger partial charge in [-0.25, -0.2) is 13.8 Å². The summed E-state index contributed by atoms with van der Waals surface area (Å²) in [5, 5.41) is 0.461. The number of rotatable bonds is 11. The molecule has 47 heavy (non-hydrogen) atoms. The highest BCUT2D eigenvalue weighted by molar-refractivity contribution is 7.90. The SMILES string of the molecule is COc1c(NS(=O)(=O)N2CC[C@@H](F)C2)ccc(F)c1C(=O)c1c[nH]c2ncc(-c3ccc(N4CCC(C(OC)OC)CC4)cc3)cc12. The fourth-order valence-electron chi connectivity index (χ4n) is 6.43. The molecule has 2 aliphatic rings. The van der Waals surface area contributed by atoms with E-state index in [2.05, 4.69) is 31.7 Å². The van der Waals surface area contributed by atoms with E-state index < -0.39 is 33.5 Å². The Morgan fingerprint density at radius 2 is 1.74 bits per heavy atom. The standard InChI is InChI=1S/C33H37F2N5O6S/c1-44-31-28(38-47(42,43)40-15-12-23(34)19-40)9-8-27(35)29(31)30(41)26-18-37-32-25(26)16-22(17-36-32)20-4-6-24(7-5-20)39-13-10-21(11-14-39)33(45-2)46-3/h4-9,16-18,21,23,33,38H,10-15,19H2,1-3H3,(H,36,37)/t23-/m1/s1. The van der Waals surface area contributed by atoms with Crippen molar-refractivity contribution in [2.75, 3.05) is 57.1 Å². The Balaban J connectivity index is 1.25. The van der Waals surface area contributed by atoms with Crippen LogP contribution in [-0.2, 0) is 19.7 Å². The Bertz CT molecular complexity index is 1860. The zero-order valence-electron chi connectivity index (χ0n) is 26.3. The Hall–Kier alpha value is -4.11. The number of hydrogen-bond donors (Lipinski definition) is 2. The number of aromatic amines is 1. The van der Waals surface area contributed by atoms with Crippen LogP contribution in [0.15, 0.2) is 54.9 Å². The summed E-state index contributed by atoms with van der Waals surface area (Å²) in [6.45, 7) is 1.48. The van der Waals surface area contributed by atoms with Crippen molar-refractivity contribution < 1.29 is 36.2 Å². The van der Waals surface area contributed by atoms with Crippen LogP contribution in [0.2, 0.25) is 0 Å². The first-order valence-electron chi connectivity index (χ1n) is 15.3. The Labute approximate surface area is 272 Å². The van der Waals surface area contributed by atoms with Crippen LogP contribution in [0.4, 0.5) is 20.2 Å². The van der Waals surface area contributed by atoms with Gasteiger partial charge >= 0.3 is 10.2 Å². The van der Waals surface area contributed by atoms with E-state index in [1.807, 2.05) is 12.1 Å². The molecule has 0 radical (unpaired) electrons. The first kappa shape index (κ1) is 32.8. The lowest BCUT2D eigenvalue weighted by Crippen LogP contribution is -2.39. The number of fused-ring (bicyclic) bond motifs is 1. The molecule has 14 heteroatoms. The van der Waals surface area contributed by atoms with Crippen molar-refractivity contribution >= 4 is 38.4 Å². The maximum absolute atomic E-state index is 15.3. The Morgan fingerprint density at radius 1 is 1.02 bits per heavy atom. The largest absolute Gasteiger partial charge is 0.494 e. The fourth-order valence-corrected chi connectivity index (χ4v) is 7.70. The van der Waals surface area contributed by atoms with Gasteiger partial charge in [0.1, 0.15) is 23.2 Å². The van der Waals surface area contributed by atoms with Crippen LogP contribution < -0.4 is 14.4 Å². The molecular formula is C33H37F2N5O6S. The number of nitrogens with one attached hydrogen (secondary N) is 2. The number of ether oxygens (including phenoxy) is 3. The number of benzene rings is 2. The van der Waals surface area contributed by atoms with Gasteiger partial charge in [0, 0.05) is 80.9 Å². The summed E-state index contributed by atoms with van der Waals surface area (Å²) in [4.78, 5) is 23.7. The molecule has 2 aromatic carbocycles. The number of alkyl halides is 1. The van der Waals surface area contributed by atoms with Gasteiger partial charge in [0.05, 0.1) is 12.8 Å². The summed E-state index contributed by atoms with van der Waals surface area (Å²) in [6.07, 6.45) is 3.65. The fraction of sp³-hybridized carbons (Fsp3) is 0.394. The van der Waals surface area contributed by atoms with Gasteiger partial charge in [0.25, 0.3) is 0 Å². The van der Waals surface area contributed by atoms with E-state index in [4.69, 9.17) is 14.2 Å². The average Bonchev–Trinajstić information content (AvgIpc) is 3.72. The molecule has 4 aromatic rings. The number of nitrogens with zero attached hydrogens (tertiary/aromatic N) is 3. The van der Waals surface area contributed by atoms with E-state index in [-0.39, 0.29) is 42.8 Å². The van der Waals surface area contributed by atoms with Crippen LogP contribution in [0.3, 0.4) is 0 Å². The van der Waals surface area contributed by atoms with E-state index in [1.165, 1.54) is 19.4 Å². The van der Waals surface area contributed by atoms with Crippen molar-refractivity contribution in [2.45, 2.75) is 31.7 Å². The normalized spacial score (nSPS) is 17.9. The highest BCUT2D eigenvalue weighted by Crippen LogP contribution is 2.36. The van der Waals surface area contributed by atoms with Crippen LogP contribution in [0.25, 0.3) is 22.2 Å². The zero-order valence-corrected chi connectivity index (χ0v) is 27.1. The van der Waals surface area contributed by atoms with Gasteiger partial charge in [-0.3, -0.25) is 9.52 Å². The summed E-state index contributed by atoms with van der Waals surface area (Å²) in [5.41, 5.74) is 2.71. The average molecular weight is 670 g/mol. The molecule has 0 bridgehead atoms. The maximum Gasteiger partial charge on any atom is 0.301 e. The van der Waals surface area contributed by atoms with Gasteiger partial charge < -0.3 is 24.1 Å². The summed E-state index contributed by atoms with van der Waals surface area (Å²) in [6, 6.07) is 12.1. The molecule has 0 saturated carbocycles. The molecule has 2 aliphatic heterocycles. The predicted octanol–water partition coefficient (Wildman–Crippen LogP) is 5.14. The third kappa shape index (κ3) is 6.55. The smallest absolute Gasteiger partial charge is 0.301 e. The molecule has 0 unspecified atom stereocenters. The second-order valence-electron chi connectivity index (χ2n) is 11.7. The van der Waals surface area contributed by atoms with Gasteiger partial charge in [0.2, 0.25) is 5.78 Å². The molecule has 2 N–H and O–H groups in total. The van der Waals surface area contributed by atoms with E-state index in [0.717, 1.165) is 53.1 Å². The lowest BCUT2D eigenvalue weighted by molar-refractivity contribution is -0.141. The number of ketones is 1. The van der Waals surface area contributed by atoms with Crippen molar-refractivity contribution in [1.82, 2.24) is 14.3 Å². The van der Waals surface area contributed by atoms with Gasteiger partial charge in [-0.2, -0.15) is 12.7 Å². The van der Waals surface area contributed by atoms with E-state index in [9.17, 15) is 17.6 Å². The molecule has 11 nitrogen and oxygen atoms in total. The van der Waals surface area contributed by atoms with E-state index in [1.54, 1.807) is 26.5 Å². The number of piperidine rings is 1. The quantitative estimate of drug-likeness (QED) is 0.166. The molecule has 0 spiro atoms. The lowest BCUT2D eigenvalue weighted by atomic mass is 9.95. The van der Waals surface area contributed by atoms with Gasteiger partial charge in [0.15, 0.2) is 12.0 Å². The van der Waals surface area contributed by atoms with Crippen molar-refractivity contribution in [3.63, 3.8) is 0 Å². The minimum Gasteiger partial charge on any atom is -0.494 e. The number of H-pyrrole nitrogens is 1. The second-order valence-corrected chi connectivity index (χ2v) is 13.4. The second kappa shape index (κ2) is 13.6. The first-order chi connectivity index (χ1) is 22.6. The van der Waals surface area contributed by atoms with Crippen molar-refractivity contribution in [3.8, 4) is 16.9 Å². The number of carbonyl (C=O) groups is 1. The van der Waals surface area contributed by atoms with Crippen LogP contribution in [0, 0.1) is 11.7 Å². The van der Waals surface area contributed by atoms with E-state index in [0.29, 0.717) is 17.0 Å². The topological polar surface area (TPSA) is 126 Å². The van der Waals surface area contributed by atoms with Crippen LogP contribution in [0.1, 0.15) is 35.2 Å². The van der Waals surface area contributed by atoms with Gasteiger partial charge in [-0.05, 0) is 55.2 Å². The summed E-state index contributed by atoms with van der Waals surface area (Å²) < 4.78 is 74.4. The number of hydrogen-bond acceptors (Lipinski definition) is 8. The predicted molar refractivity (Wildman–Crippen MR) is 174 cm³/mol. The molecule has 2 saturated heterocycles. The lowest BCUT2D eigenvalue weighted by Gasteiger charge is -2.36. The molecular weight excluding hydrogens is 632 g/mol. The number of carbonyl (C=O) groups excluding carboxylic acids is 1. The summed E-state index contributed by atoms with van der Waals surface area (Å²) in [5.74, 6) is -1.55. The molecule has 0 aliphatic carbocycles. The number of aromatic nitrogens is 2. The number of anilines is 2. The minimum absolute atomic E-state index is 0.00200. The highest BCUT2D eigenvalue weighted by atomic mass is 32.2. The maximum atomic E-state index is 15.3. The number of methoxy groups -OCH3 is 3. The third-order valence-electron chi connectivity index (χ3n) is 8.94. The molecule has 4 heterocycles. The van der Waals surface area contributed by atoms with Crippen molar-refractivity contribution in [2.24, 2.45) is 5.92 Å².